The van der Waals surface area contributed by atoms with E-state index in [0.29, 0.717) is 19.5 Å². The summed E-state index contributed by atoms with van der Waals surface area (Å²) in [4.78, 5) is 7.60. The van der Waals surface area contributed by atoms with Crippen molar-refractivity contribution >= 4 is 16.0 Å². The number of nitrogens with two attached hydrogens (primary N) is 1. The Balaban J connectivity index is 2.21. The molecule has 9 heteroatoms. The molecule has 0 aliphatic carbocycles. The van der Waals surface area contributed by atoms with Gasteiger partial charge in [0.25, 0.3) is 0 Å². The van der Waals surface area contributed by atoms with Gasteiger partial charge in [-0.1, -0.05) is 6.92 Å². The number of aliphatic hydroxyl groups is 1. The van der Waals surface area contributed by atoms with Gasteiger partial charge in [0.15, 0.2) is 0 Å². The fourth-order valence-corrected chi connectivity index (χ4v) is 3.43. The molecule has 0 radical (unpaired) electrons. The molecule has 1 aliphatic heterocycles. The first-order chi connectivity index (χ1) is 8.95. The zero-order chi connectivity index (χ0) is 14.0. The molecule has 19 heavy (non-hydrogen) atoms. The maximum Gasteiger partial charge on any atom is 0.246 e. The summed E-state index contributed by atoms with van der Waals surface area (Å²) in [5.41, 5.74) is 2.23. The summed E-state index contributed by atoms with van der Waals surface area (Å²) in [6.07, 6.45) is 2.41. The average molecular weight is 287 g/mol. The van der Waals surface area contributed by atoms with Crippen LogP contribution in [0.15, 0.2) is 17.3 Å². The third-order valence-electron chi connectivity index (χ3n) is 3.22. The van der Waals surface area contributed by atoms with E-state index >= 15 is 0 Å². The van der Waals surface area contributed by atoms with E-state index in [1.165, 1.54) is 16.7 Å². The Hall–Kier alpha value is -1.29. The topological polar surface area (TPSA) is 121 Å². The number of hydrogen-bond donors (Lipinski definition) is 3. The summed E-state index contributed by atoms with van der Waals surface area (Å²) in [6.45, 7) is 2.41. The summed E-state index contributed by atoms with van der Waals surface area (Å²) >= 11 is 0. The van der Waals surface area contributed by atoms with Crippen LogP contribution in [-0.2, 0) is 10.0 Å². The number of nitrogen functional groups attached to an aromatic ring is 1. The monoisotopic (exact) mass is 287 g/mol. The highest BCUT2D eigenvalue weighted by molar-refractivity contribution is 7.89. The van der Waals surface area contributed by atoms with Gasteiger partial charge in [-0.3, -0.25) is 5.43 Å². The van der Waals surface area contributed by atoms with Crippen LogP contribution in [0.3, 0.4) is 0 Å². The Morgan fingerprint density at radius 1 is 1.47 bits per heavy atom. The van der Waals surface area contributed by atoms with Crippen LogP contribution >= 0.6 is 0 Å². The fraction of sp³-hybridized carbons (Fsp3) is 0.600. The largest absolute Gasteiger partial charge is 0.393 e. The summed E-state index contributed by atoms with van der Waals surface area (Å²) in [5.74, 6) is 5.19. The lowest BCUT2D eigenvalue weighted by molar-refractivity contribution is 0.0628. The molecular formula is C10H17N5O3S. The van der Waals surface area contributed by atoms with Crippen LogP contribution in [0, 0.1) is 5.92 Å². The average Bonchev–Trinajstić information content (AvgIpc) is 2.41. The van der Waals surface area contributed by atoms with Gasteiger partial charge in [-0.2, -0.15) is 4.31 Å². The van der Waals surface area contributed by atoms with E-state index in [-0.39, 0.29) is 16.8 Å². The first-order valence-corrected chi connectivity index (χ1v) is 7.36. The van der Waals surface area contributed by atoms with E-state index < -0.39 is 16.1 Å². The molecule has 1 aromatic heterocycles. The molecule has 2 unspecified atom stereocenters. The first-order valence-electron chi connectivity index (χ1n) is 5.92. The Morgan fingerprint density at radius 3 is 2.63 bits per heavy atom. The molecule has 8 nitrogen and oxygen atoms in total. The number of nitrogens with one attached hydrogen (secondary N) is 1. The zero-order valence-corrected chi connectivity index (χ0v) is 11.3. The Kier molecular flexibility index (Phi) is 3.99. The number of nitrogens with zero attached hydrogens (tertiary/aromatic N) is 3. The second-order valence-corrected chi connectivity index (χ2v) is 6.52. The smallest absolute Gasteiger partial charge is 0.246 e. The molecule has 0 aromatic carbocycles. The van der Waals surface area contributed by atoms with Gasteiger partial charge in [-0.15, -0.1) is 0 Å². The molecule has 1 fully saturated rings. The van der Waals surface area contributed by atoms with Crippen molar-refractivity contribution < 1.29 is 13.5 Å². The van der Waals surface area contributed by atoms with Crippen molar-refractivity contribution in [2.45, 2.75) is 24.3 Å². The van der Waals surface area contributed by atoms with Crippen molar-refractivity contribution in [3.8, 4) is 0 Å². The van der Waals surface area contributed by atoms with Crippen LogP contribution in [0.1, 0.15) is 13.3 Å². The van der Waals surface area contributed by atoms with Crippen molar-refractivity contribution in [1.29, 1.82) is 0 Å². The maximum absolute atomic E-state index is 12.4. The highest BCUT2D eigenvalue weighted by Crippen LogP contribution is 2.23. The lowest BCUT2D eigenvalue weighted by atomic mass is 9.99. The molecule has 4 N–H and O–H groups in total. The van der Waals surface area contributed by atoms with E-state index in [2.05, 4.69) is 15.4 Å². The lowest BCUT2D eigenvalue weighted by Gasteiger charge is -2.33. The van der Waals surface area contributed by atoms with Gasteiger partial charge in [0.2, 0.25) is 16.0 Å². The molecule has 0 amide bonds. The molecule has 0 saturated carbocycles. The molecule has 1 aromatic rings. The van der Waals surface area contributed by atoms with Crippen molar-refractivity contribution in [2.75, 3.05) is 18.5 Å². The Bertz CT molecular complexity index is 533. The van der Waals surface area contributed by atoms with E-state index in [1.807, 2.05) is 6.92 Å². The van der Waals surface area contributed by atoms with Crippen molar-refractivity contribution in [3.05, 3.63) is 12.4 Å². The van der Waals surface area contributed by atoms with E-state index in [9.17, 15) is 13.5 Å². The van der Waals surface area contributed by atoms with Gasteiger partial charge in [0.1, 0.15) is 4.90 Å². The number of anilines is 1. The third-order valence-corrected chi connectivity index (χ3v) is 5.04. The SMILES string of the molecule is CC1CN(S(=O)(=O)c2cnc(NN)nc2)CCC1O. The highest BCUT2D eigenvalue weighted by Gasteiger charge is 2.32. The highest BCUT2D eigenvalue weighted by atomic mass is 32.2. The predicted molar refractivity (Wildman–Crippen MR) is 68.4 cm³/mol. The van der Waals surface area contributed by atoms with Crippen molar-refractivity contribution in [3.63, 3.8) is 0 Å². The number of rotatable bonds is 3. The molecule has 2 heterocycles. The number of aliphatic hydroxyl groups excluding tert-OH is 1. The van der Waals surface area contributed by atoms with Gasteiger partial charge in [0, 0.05) is 13.1 Å². The molecule has 0 bridgehead atoms. The maximum atomic E-state index is 12.4. The van der Waals surface area contributed by atoms with Crippen LogP contribution in [0.5, 0.6) is 0 Å². The predicted octanol–water partition coefficient (Wildman–Crippen LogP) is -0.846. The van der Waals surface area contributed by atoms with Crippen LogP contribution in [0.4, 0.5) is 5.95 Å². The van der Waals surface area contributed by atoms with Crippen LogP contribution in [0.2, 0.25) is 0 Å². The molecule has 2 rings (SSSR count). The number of sulfonamides is 1. The summed E-state index contributed by atoms with van der Waals surface area (Å²) < 4.78 is 26.0. The van der Waals surface area contributed by atoms with Gasteiger partial charge in [-0.25, -0.2) is 24.2 Å². The van der Waals surface area contributed by atoms with Gasteiger partial charge in [0.05, 0.1) is 18.5 Å². The van der Waals surface area contributed by atoms with Gasteiger partial charge in [-0.05, 0) is 12.3 Å². The molecule has 0 spiro atoms. The van der Waals surface area contributed by atoms with Crippen molar-refractivity contribution in [1.82, 2.24) is 14.3 Å². The van der Waals surface area contributed by atoms with Crippen LogP contribution in [-0.4, -0.2) is 47.0 Å². The normalized spacial score (nSPS) is 25.2. The van der Waals surface area contributed by atoms with Gasteiger partial charge < -0.3 is 5.11 Å². The van der Waals surface area contributed by atoms with Gasteiger partial charge >= 0.3 is 0 Å². The third kappa shape index (κ3) is 2.84. The standard InChI is InChI=1S/C10H17N5O3S/c1-7-6-15(3-2-9(7)16)19(17,18)8-4-12-10(14-11)13-5-8/h4-5,7,9,16H,2-3,6,11H2,1H3,(H,12,13,14). The number of aromatic nitrogens is 2. The molecular weight excluding hydrogens is 270 g/mol. The minimum Gasteiger partial charge on any atom is -0.393 e. The van der Waals surface area contributed by atoms with Crippen LogP contribution < -0.4 is 11.3 Å². The van der Waals surface area contributed by atoms with E-state index in [4.69, 9.17) is 5.84 Å². The zero-order valence-electron chi connectivity index (χ0n) is 10.5. The van der Waals surface area contributed by atoms with E-state index in [1.54, 1.807) is 0 Å². The quantitative estimate of drug-likeness (QED) is 0.489. The Morgan fingerprint density at radius 2 is 2.11 bits per heavy atom. The Labute approximate surface area is 111 Å². The van der Waals surface area contributed by atoms with Crippen molar-refractivity contribution in [2.24, 2.45) is 11.8 Å². The molecule has 2 atom stereocenters. The number of hydrogen-bond acceptors (Lipinski definition) is 7. The van der Waals surface area contributed by atoms with E-state index in [0.717, 1.165) is 0 Å². The number of hydrazine groups is 1. The first kappa shape index (κ1) is 14.1. The second kappa shape index (κ2) is 5.37. The molecule has 1 aliphatic rings. The minimum absolute atomic E-state index is 0.0232. The molecule has 106 valence electrons. The molecule has 1 saturated heterocycles. The lowest BCUT2D eigenvalue weighted by Crippen LogP contribution is -2.44. The summed E-state index contributed by atoms with van der Waals surface area (Å²) in [7, 11) is -3.61. The van der Waals surface area contributed by atoms with Crippen LogP contribution in [0.25, 0.3) is 0 Å². The summed E-state index contributed by atoms with van der Waals surface area (Å²) in [5, 5.41) is 9.63. The fourth-order valence-electron chi connectivity index (χ4n) is 1.99. The number of piperidine rings is 1. The second-order valence-electron chi connectivity index (χ2n) is 4.58. The minimum atomic E-state index is -3.61. The summed E-state index contributed by atoms with van der Waals surface area (Å²) in [6, 6.07) is 0.